The largest absolute Gasteiger partial charge is 0.493 e. The molecule has 1 aromatic heterocycles. The Bertz CT molecular complexity index is 974. The van der Waals surface area contributed by atoms with Gasteiger partial charge in [-0.05, 0) is 56.4 Å². The van der Waals surface area contributed by atoms with Gasteiger partial charge in [0.2, 0.25) is 0 Å². The molecule has 1 heterocycles. The molecular weight excluding hydrogens is 368 g/mol. The number of hydrogen-bond acceptors (Lipinski definition) is 4. The predicted octanol–water partition coefficient (Wildman–Crippen LogP) is 3.35. The molecule has 1 aliphatic carbocycles. The number of methoxy groups -OCH3 is 1. The molecule has 1 fully saturated rings. The molecule has 0 unspecified atom stereocenters. The number of carbonyl (C=O) groups is 1. The molecular formula is C23H28N2O4. The Morgan fingerprint density at radius 1 is 1.14 bits per heavy atom. The summed E-state index contributed by atoms with van der Waals surface area (Å²) in [5.74, 6) is 1.80. The van der Waals surface area contributed by atoms with E-state index in [1.54, 1.807) is 25.8 Å². The Morgan fingerprint density at radius 2 is 1.79 bits per heavy atom. The summed E-state index contributed by atoms with van der Waals surface area (Å²) in [5.41, 5.74) is 2.61. The van der Waals surface area contributed by atoms with Crippen molar-refractivity contribution in [1.29, 1.82) is 0 Å². The maximum absolute atomic E-state index is 13.0. The maximum atomic E-state index is 13.0. The van der Waals surface area contributed by atoms with Crippen molar-refractivity contribution >= 4 is 17.7 Å². The number of rotatable bonds is 7. The highest BCUT2D eigenvalue weighted by Crippen LogP contribution is 2.34. The van der Waals surface area contributed by atoms with E-state index in [1.807, 2.05) is 38.1 Å². The van der Waals surface area contributed by atoms with Crippen molar-refractivity contribution in [2.75, 3.05) is 27.8 Å². The van der Waals surface area contributed by atoms with E-state index in [0.717, 1.165) is 5.56 Å². The van der Waals surface area contributed by atoms with Gasteiger partial charge in [0.1, 0.15) is 5.70 Å². The van der Waals surface area contributed by atoms with Gasteiger partial charge in [0.15, 0.2) is 16.9 Å². The number of ether oxygens (including phenoxy) is 2. The van der Waals surface area contributed by atoms with Crippen LogP contribution in [0.2, 0.25) is 0 Å². The van der Waals surface area contributed by atoms with Gasteiger partial charge in [0.05, 0.1) is 13.7 Å². The lowest BCUT2D eigenvalue weighted by Crippen LogP contribution is -2.27. The van der Waals surface area contributed by atoms with E-state index in [0.29, 0.717) is 41.1 Å². The second kappa shape index (κ2) is 8.55. The third-order valence-electron chi connectivity index (χ3n) is 4.94. The van der Waals surface area contributed by atoms with E-state index in [9.17, 15) is 9.59 Å². The number of pyridine rings is 1. The molecule has 0 saturated heterocycles. The van der Waals surface area contributed by atoms with Gasteiger partial charge in [-0.1, -0.05) is 6.07 Å². The van der Waals surface area contributed by atoms with Crippen molar-refractivity contribution in [2.45, 2.75) is 26.7 Å². The van der Waals surface area contributed by atoms with Gasteiger partial charge in [0.25, 0.3) is 5.91 Å². The number of likely N-dealkylation sites (N-methyl/N-ethyl adjacent to an activating group) is 1. The highest BCUT2D eigenvalue weighted by molar-refractivity contribution is 6.18. The molecule has 29 heavy (non-hydrogen) atoms. The highest BCUT2D eigenvalue weighted by atomic mass is 16.5. The van der Waals surface area contributed by atoms with Crippen molar-refractivity contribution in [3.63, 3.8) is 0 Å². The SMILES string of the molecule is COc1ccc(/C=C(\C(=O)N(C)C)n2c(C)cc(=O)cc2C)cc1OCC1CC1. The topological polar surface area (TPSA) is 60.8 Å². The Hall–Kier alpha value is -3.02. The average molecular weight is 396 g/mol. The van der Waals surface area contributed by atoms with Gasteiger partial charge in [-0.15, -0.1) is 0 Å². The van der Waals surface area contributed by atoms with E-state index >= 15 is 0 Å². The molecule has 0 aliphatic heterocycles. The minimum Gasteiger partial charge on any atom is -0.493 e. The molecule has 6 nitrogen and oxygen atoms in total. The fourth-order valence-electron chi connectivity index (χ4n) is 3.24. The summed E-state index contributed by atoms with van der Waals surface area (Å²) in [7, 11) is 5.03. The molecule has 1 amide bonds. The van der Waals surface area contributed by atoms with E-state index < -0.39 is 0 Å². The summed E-state index contributed by atoms with van der Waals surface area (Å²) in [6.45, 7) is 4.32. The van der Waals surface area contributed by atoms with Crippen LogP contribution in [0.25, 0.3) is 11.8 Å². The fourth-order valence-corrected chi connectivity index (χ4v) is 3.24. The molecule has 0 radical (unpaired) electrons. The fraction of sp³-hybridized carbons (Fsp3) is 0.391. The van der Waals surface area contributed by atoms with Gasteiger partial charge >= 0.3 is 0 Å². The van der Waals surface area contributed by atoms with Crippen LogP contribution in [-0.2, 0) is 4.79 Å². The molecule has 3 rings (SSSR count). The van der Waals surface area contributed by atoms with Crippen LogP contribution in [0, 0.1) is 19.8 Å². The number of benzene rings is 1. The number of nitrogens with zero attached hydrogens (tertiary/aromatic N) is 2. The lowest BCUT2D eigenvalue weighted by atomic mass is 10.1. The summed E-state index contributed by atoms with van der Waals surface area (Å²) in [6, 6.07) is 8.68. The smallest absolute Gasteiger partial charge is 0.270 e. The van der Waals surface area contributed by atoms with Gasteiger partial charge in [-0.2, -0.15) is 0 Å². The molecule has 6 heteroatoms. The van der Waals surface area contributed by atoms with Crippen LogP contribution in [0.1, 0.15) is 29.8 Å². The summed E-state index contributed by atoms with van der Waals surface area (Å²) in [4.78, 5) is 26.3. The zero-order valence-corrected chi connectivity index (χ0v) is 17.7. The van der Waals surface area contributed by atoms with Crippen LogP contribution in [0.15, 0.2) is 35.1 Å². The maximum Gasteiger partial charge on any atom is 0.270 e. The number of carbonyl (C=O) groups excluding carboxylic acids is 1. The summed E-state index contributed by atoms with van der Waals surface area (Å²) in [5, 5.41) is 0. The third kappa shape index (κ3) is 4.88. The van der Waals surface area contributed by atoms with Gasteiger partial charge in [-0.25, -0.2) is 0 Å². The minimum atomic E-state index is -0.156. The number of aromatic nitrogens is 1. The van der Waals surface area contributed by atoms with E-state index in [1.165, 1.54) is 29.9 Å². The molecule has 2 aromatic rings. The summed E-state index contributed by atoms with van der Waals surface area (Å²) < 4.78 is 13.2. The van der Waals surface area contributed by atoms with Gasteiger partial charge in [0, 0.05) is 37.6 Å². The standard InChI is InChI=1S/C23H28N2O4/c1-15-10-19(26)11-16(2)25(15)20(23(27)24(3)4)12-18-8-9-21(28-5)22(13-18)29-14-17-6-7-17/h8-13,17H,6-7,14H2,1-5H3/b20-12+. The molecule has 0 spiro atoms. The van der Waals surface area contributed by atoms with Crippen LogP contribution >= 0.6 is 0 Å². The molecule has 154 valence electrons. The van der Waals surface area contributed by atoms with E-state index in [4.69, 9.17) is 9.47 Å². The van der Waals surface area contributed by atoms with Crippen molar-refractivity contribution in [3.05, 3.63) is 57.5 Å². The Balaban J connectivity index is 2.07. The first-order chi connectivity index (χ1) is 13.8. The minimum absolute atomic E-state index is 0.0758. The van der Waals surface area contributed by atoms with Crippen molar-refractivity contribution in [3.8, 4) is 11.5 Å². The Labute approximate surface area is 171 Å². The summed E-state index contributed by atoms with van der Waals surface area (Å²) >= 11 is 0. The van der Waals surface area contributed by atoms with Crippen LogP contribution < -0.4 is 14.9 Å². The van der Waals surface area contributed by atoms with E-state index in [2.05, 4.69) is 0 Å². The average Bonchev–Trinajstić information content (AvgIpc) is 3.48. The second-order valence-corrected chi connectivity index (χ2v) is 7.70. The van der Waals surface area contributed by atoms with Gasteiger partial charge in [-0.3, -0.25) is 9.59 Å². The third-order valence-corrected chi connectivity index (χ3v) is 4.94. The normalized spacial score (nSPS) is 13.9. The number of aryl methyl sites for hydroxylation is 2. The van der Waals surface area contributed by atoms with E-state index in [-0.39, 0.29) is 11.3 Å². The van der Waals surface area contributed by atoms with Crippen LogP contribution in [-0.4, -0.2) is 43.2 Å². The highest BCUT2D eigenvalue weighted by Gasteiger charge is 2.23. The summed E-state index contributed by atoms with van der Waals surface area (Å²) in [6.07, 6.45) is 4.22. The predicted molar refractivity (Wildman–Crippen MR) is 114 cm³/mol. The monoisotopic (exact) mass is 396 g/mol. The Morgan fingerprint density at radius 3 is 2.34 bits per heavy atom. The lowest BCUT2D eigenvalue weighted by molar-refractivity contribution is -0.123. The molecule has 1 aromatic carbocycles. The molecule has 0 atom stereocenters. The quantitative estimate of drug-likeness (QED) is 0.674. The Kier molecular flexibility index (Phi) is 6.11. The van der Waals surface area contributed by atoms with Crippen molar-refractivity contribution in [2.24, 2.45) is 5.92 Å². The lowest BCUT2D eigenvalue weighted by Gasteiger charge is -2.20. The number of amides is 1. The zero-order valence-electron chi connectivity index (χ0n) is 17.7. The first-order valence-electron chi connectivity index (χ1n) is 9.75. The van der Waals surface area contributed by atoms with Crippen LogP contribution in [0.5, 0.6) is 11.5 Å². The van der Waals surface area contributed by atoms with Crippen molar-refractivity contribution < 1.29 is 14.3 Å². The molecule has 0 bridgehead atoms. The van der Waals surface area contributed by atoms with Crippen molar-refractivity contribution in [1.82, 2.24) is 9.47 Å². The zero-order chi connectivity index (χ0) is 21.1. The second-order valence-electron chi connectivity index (χ2n) is 7.70. The first kappa shape index (κ1) is 20.7. The number of hydrogen-bond donors (Lipinski definition) is 0. The van der Waals surface area contributed by atoms with Gasteiger partial charge < -0.3 is 18.9 Å². The first-order valence-corrected chi connectivity index (χ1v) is 9.75. The molecule has 1 saturated carbocycles. The molecule has 0 N–H and O–H groups in total. The van der Waals surface area contributed by atoms with Crippen LogP contribution in [0.4, 0.5) is 0 Å². The molecule has 1 aliphatic rings. The van der Waals surface area contributed by atoms with Crippen LogP contribution in [0.3, 0.4) is 0 Å².